The van der Waals surface area contributed by atoms with Crippen LogP contribution in [0.5, 0.6) is 0 Å². The van der Waals surface area contributed by atoms with Gasteiger partial charge in [0.2, 0.25) is 0 Å². The monoisotopic (exact) mass is 582 g/mol. The summed E-state index contributed by atoms with van der Waals surface area (Å²) in [4.78, 5) is 58.4. The van der Waals surface area contributed by atoms with Gasteiger partial charge in [-0.25, -0.2) is 4.99 Å². The number of aromatic amines is 2. The van der Waals surface area contributed by atoms with Crippen LogP contribution in [0, 0.1) is 13.8 Å². The van der Waals surface area contributed by atoms with E-state index in [0.29, 0.717) is 55.8 Å². The molecule has 0 unspecified atom stereocenters. The molecule has 2 amide bonds. The minimum absolute atomic E-state index is 0.0943. The lowest BCUT2D eigenvalue weighted by molar-refractivity contribution is -0.138. The summed E-state index contributed by atoms with van der Waals surface area (Å²) >= 11 is 0. The van der Waals surface area contributed by atoms with Crippen LogP contribution in [0.25, 0.3) is 18.2 Å². The van der Waals surface area contributed by atoms with Gasteiger partial charge in [0.15, 0.2) is 0 Å². The van der Waals surface area contributed by atoms with Gasteiger partial charge in [0.1, 0.15) is 0 Å². The van der Waals surface area contributed by atoms with Crippen molar-refractivity contribution < 1.29 is 29.4 Å². The van der Waals surface area contributed by atoms with Crippen LogP contribution in [0.15, 0.2) is 58.3 Å². The van der Waals surface area contributed by atoms with Crippen LogP contribution >= 0.6 is 0 Å². The number of rotatable bonds is 11. The van der Waals surface area contributed by atoms with Gasteiger partial charge in [0.25, 0.3) is 11.8 Å². The molecule has 222 valence electrons. The number of hydrogen-bond donors (Lipinski definition) is 5. The van der Waals surface area contributed by atoms with Gasteiger partial charge in [-0.2, -0.15) is 0 Å². The van der Waals surface area contributed by atoms with Gasteiger partial charge in [-0.3, -0.25) is 19.2 Å². The minimum atomic E-state index is -0.941. The Morgan fingerprint density at radius 2 is 1.40 bits per heavy atom. The molecule has 0 saturated carbocycles. The third-order valence-electron chi connectivity index (χ3n) is 7.87. The highest BCUT2D eigenvalue weighted by molar-refractivity contribution is 6.31. The van der Waals surface area contributed by atoms with Crippen LogP contribution in [0.3, 0.4) is 0 Å². The first-order chi connectivity index (χ1) is 20.4. The highest BCUT2D eigenvalue weighted by Crippen LogP contribution is 2.27. The van der Waals surface area contributed by atoms with Gasteiger partial charge in [-0.05, 0) is 86.6 Å². The molecule has 43 heavy (non-hydrogen) atoms. The van der Waals surface area contributed by atoms with E-state index in [0.717, 1.165) is 22.3 Å². The Kier molecular flexibility index (Phi) is 8.80. The lowest BCUT2D eigenvalue weighted by atomic mass is 10.0. The van der Waals surface area contributed by atoms with Gasteiger partial charge in [0, 0.05) is 51.6 Å². The number of hydrogen-bond acceptors (Lipinski definition) is 4. The zero-order valence-corrected chi connectivity index (χ0v) is 24.6. The van der Waals surface area contributed by atoms with Crippen molar-refractivity contribution >= 4 is 47.7 Å². The van der Waals surface area contributed by atoms with E-state index < -0.39 is 11.9 Å². The number of carbonyl (C=O) groups is 4. The Balaban J connectivity index is 1.92. The van der Waals surface area contributed by atoms with E-state index in [1.54, 1.807) is 32.1 Å². The minimum Gasteiger partial charge on any atom is -0.481 e. The molecule has 0 aromatic carbocycles. The highest BCUT2D eigenvalue weighted by Gasteiger charge is 2.23. The smallest absolute Gasteiger partial charge is 0.303 e. The number of aliphatic imine (C=N–C) groups is 1. The van der Waals surface area contributed by atoms with Crippen molar-refractivity contribution in [3.05, 3.63) is 97.6 Å². The number of H-pyrrole nitrogens is 2. The predicted molar refractivity (Wildman–Crippen MR) is 165 cm³/mol. The van der Waals surface area contributed by atoms with Gasteiger partial charge in [-0.1, -0.05) is 25.3 Å². The van der Waals surface area contributed by atoms with Crippen molar-refractivity contribution in [2.45, 2.75) is 53.4 Å². The molecule has 0 radical (unpaired) electrons. The summed E-state index contributed by atoms with van der Waals surface area (Å²) in [6, 6.07) is 0. The maximum absolute atomic E-state index is 12.3. The van der Waals surface area contributed by atoms with Crippen LogP contribution in [0.2, 0.25) is 0 Å². The maximum atomic E-state index is 12.3. The number of amides is 2. The molecule has 0 spiro atoms. The number of carboxylic acids is 2. The molecular formula is C33H34N4O6. The topological polar surface area (TPSA) is 165 Å². The summed E-state index contributed by atoms with van der Waals surface area (Å²) in [7, 11) is 0. The van der Waals surface area contributed by atoms with E-state index in [9.17, 15) is 29.4 Å². The van der Waals surface area contributed by atoms with Gasteiger partial charge < -0.3 is 25.5 Å². The Labute approximate surface area is 248 Å². The summed E-state index contributed by atoms with van der Waals surface area (Å²) < 4.78 is 0. The molecule has 10 heteroatoms. The second-order valence-electron chi connectivity index (χ2n) is 10.5. The van der Waals surface area contributed by atoms with E-state index in [4.69, 9.17) is 0 Å². The second kappa shape index (κ2) is 12.3. The normalized spacial score (nSPS) is 16.9. The first-order valence-corrected chi connectivity index (χ1v) is 13.8. The predicted octanol–water partition coefficient (Wildman–Crippen LogP) is 3.06. The summed E-state index contributed by atoms with van der Waals surface area (Å²) in [5.41, 5.74) is 7.97. The lowest BCUT2D eigenvalue weighted by Crippen LogP contribution is -2.15. The molecular weight excluding hydrogens is 548 g/mol. The Bertz CT molecular complexity index is 1860. The van der Waals surface area contributed by atoms with Crippen LogP contribution in [0.4, 0.5) is 0 Å². The van der Waals surface area contributed by atoms with Crippen LogP contribution in [0.1, 0.15) is 60.3 Å². The molecule has 2 aromatic rings. The second-order valence-corrected chi connectivity index (χ2v) is 10.5. The molecule has 0 atom stereocenters. The number of aliphatic carboxylic acids is 2. The lowest BCUT2D eigenvalue weighted by Gasteiger charge is -2.02. The fraction of sp³-hybridized carbons (Fsp3) is 0.242. The molecule has 2 aliphatic heterocycles. The van der Waals surface area contributed by atoms with Gasteiger partial charge >= 0.3 is 11.9 Å². The first kappa shape index (κ1) is 30.7. The highest BCUT2D eigenvalue weighted by atomic mass is 16.4. The van der Waals surface area contributed by atoms with Gasteiger partial charge in [0.05, 0.1) is 11.4 Å². The van der Waals surface area contributed by atoms with Crippen LogP contribution in [-0.4, -0.2) is 49.6 Å². The third kappa shape index (κ3) is 6.18. The molecule has 0 saturated heterocycles. The number of carboxylic acid groups (broad SMARTS) is 2. The molecule has 0 aliphatic carbocycles. The quantitative estimate of drug-likeness (QED) is 0.273. The molecule has 2 aromatic heterocycles. The van der Waals surface area contributed by atoms with Crippen molar-refractivity contribution in [2.24, 2.45) is 4.99 Å². The third-order valence-corrected chi connectivity index (χ3v) is 7.87. The van der Waals surface area contributed by atoms with Crippen molar-refractivity contribution in [3.63, 3.8) is 0 Å². The number of aromatic nitrogens is 2. The molecule has 5 N–H and O–H groups in total. The van der Waals surface area contributed by atoms with Crippen molar-refractivity contribution in [2.75, 3.05) is 0 Å². The van der Waals surface area contributed by atoms with Crippen molar-refractivity contribution in [1.29, 1.82) is 0 Å². The van der Waals surface area contributed by atoms with E-state index in [2.05, 4.69) is 33.4 Å². The summed E-state index contributed by atoms with van der Waals surface area (Å²) in [6.07, 6.45) is 8.80. The Morgan fingerprint density at radius 3 is 1.98 bits per heavy atom. The number of nitrogens with one attached hydrogen (secondary N) is 3. The van der Waals surface area contributed by atoms with Crippen LogP contribution < -0.4 is 16.0 Å². The zero-order valence-electron chi connectivity index (χ0n) is 24.6. The van der Waals surface area contributed by atoms with Crippen molar-refractivity contribution in [1.82, 2.24) is 15.3 Å². The summed E-state index contributed by atoms with van der Waals surface area (Å²) in [5, 5.41) is 23.0. The first-order valence-electron chi connectivity index (χ1n) is 13.8. The average molecular weight is 583 g/mol. The van der Waals surface area contributed by atoms with Gasteiger partial charge in [-0.15, -0.1) is 0 Å². The fourth-order valence-corrected chi connectivity index (χ4v) is 5.34. The summed E-state index contributed by atoms with van der Waals surface area (Å²) in [6.45, 7) is 14.8. The average Bonchev–Trinajstić information content (AvgIpc) is 3.59. The summed E-state index contributed by atoms with van der Waals surface area (Å²) in [5.74, 6) is -2.46. The molecule has 10 nitrogen and oxygen atoms in total. The molecule has 0 bridgehead atoms. The molecule has 4 rings (SSSR count). The molecule has 0 fully saturated rings. The molecule has 2 aliphatic rings. The van der Waals surface area contributed by atoms with E-state index >= 15 is 0 Å². The number of carbonyl (C=O) groups excluding carboxylic acids is 2. The molecule has 4 heterocycles. The maximum Gasteiger partial charge on any atom is 0.303 e. The number of allylic oxidation sites excluding steroid dienone is 2. The largest absolute Gasteiger partial charge is 0.481 e. The van der Waals surface area contributed by atoms with Crippen molar-refractivity contribution in [3.8, 4) is 0 Å². The van der Waals surface area contributed by atoms with E-state index in [-0.39, 0.29) is 37.5 Å². The zero-order chi connectivity index (χ0) is 31.6. The fourth-order valence-electron chi connectivity index (χ4n) is 5.34. The Hall–Kier alpha value is -5.25. The van der Waals surface area contributed by atoms with E-state index in [1.165, 1.54) is 6.08 Å². The standard InChI is InChI=1S/C33H34N4O6/c1-7-20-19(6)32(42)37-27(20)14-25-18(5)23(10-12-31(40)41)29(35-25)15-28-22(9-11-30(38)39)17(4)24(34-28)13-26-16(3)21(8-2)33(43)36-26/h7-8,13-15,34-35H,1-2,9-12H2,3-6H3,(H,37,42)(H,38,39)(H,40,41)/b24-13?,27-14?,28-15-. The number of nitrogens with zero attached hydrogens (tertiary/aromatic N) is 1. The van der Waals surface area contributed by atoms with Crippen LogP contribution in [-0.2, 0) is 32.0 Å². The SMILES string of the molecule is C=CC1=C(C)C(C=c2[nH]/c(=C\c3[nH]c(C=C4NC(=O)C(C)=C4C=C)c(C)c3CCC(=O)O)c(CCC(=O)O)c2C)=NC1=O. The Morgan fingerprint density at radius 1 is 0.767 bits per heavy atom. The van der Waals surface area contributed by atoms with E-state index in [1.807, 2.05) is 19.9 Å².